The van der Waals surface area contributed by atoms with Crippen molar-refractivity contribution >= 4 is 27.2 Å². The number of carbonyl (C=O) groups excluding carboxylic acids is 1. The van der Waals surface area contributed by atoms with Gasteiger partial charge in [-0.2, -0.15) is 0 Å². The van der Waals surface area contributed by atoms with E-state index in [0.717, 1.165) is 18.4 Å². The zero-order chi connectivity index (χ0) is 9.54. The topological polar surface area (TPSA) is 17.1 Å². The van der Waals surface area contributed by atoms with Crippen molar-refractivity contribution < 1.29 is 4.79 Å². The second-order valence-electron chi connectivity index (χ2n) is 3.81. The lowest BCUT2D eigenvalue weighted by Crippen LogP contribution is -2.00. The highest BCUT2D eigenvalue weighted by atomic mass is 32.1. The van der Waals surface area contributed by atoms with Crippen molar-refractivity contribution in [1.82, 2.24) is 0 Å². The molecule has 1 aliphatic rings. The van der Waals surface area contributed by atoms with Gasteiger partial charge in [0.1, 0.15) is 0 Å². The molecule has 14 heavy (non-hydrogen) atoms. The van der Waals surface area contributed by atoms with Crippen LogP contribution in [0.5, 0.6) is 0 Å². The highest BCUT2D eigenvalue weighted by Crippen LogP contribution is 2.33. The third-order valence-electron chi connectivity index (χ3n) is 2.69. The quantitative estimate of drug-likeness (QED) is 0.681. The van der Waals surface area contributed by atoms with Gasteiger partial charge in [-0.15, -0.1) is 11.3 Å². The van der Waals surface area contributed by atoms with Gasteiger partial charge in [-0.25, -0.2) is 0 Å². The summed E-state index contributed by atoms with van der Waals surface area (Å²) in [5.41, 5.74) is 0.887. The summed E-state index contributed by atoms with van der Waals surface area (Å²) in [5.74, 6) is 0.657. The van der Waals surface area contributed by atoms with Crippen LogP contribution in [0.4, 0.5) is 0 Å². The Morgan fingerprint density at radius 2 is 2.14 bits per heavy atom. The molecule has 2 heteroatoms. The van der Waals surface area contributed by atoms with E-state index >= 15 is 0 Å². The zero-order valence-corrected chi connectivity index (χ0v) is 8.51. The van der Waals surface area contributed by atoms with Crippen LogP contribution in [0.3, 0.4) is 0 Å². The molecule has 0 amide bonds. The molecular weight excluding hydrogens is 192 g/mol. The van der Waals surface area contributed by atoms with E-state index in [1.165, 1.54) is 10.1 Å². The van der Waals surface area contributed by atoms with Crippen LogP contribution in [-0.4, -0.2) is 5.78 Å². The van der Waals surface area contributed by atoms with Crippen LogP contribution in [0.2, 0.25) is 0 Å². The Bertz CT molecular complexity index is 494. The van der Waals surface area contributed by atoms with Crippen LogP contribution >= 0.6 is 11.3 Å². The first-order valence-corrected chi connectivity index (χ1v) is 5.74. The van der Waals surface area contributed by atoms with E-state index < -0.39 is 0 Å². The van der Waals surface area contributed by atoms with Gasteiger partial charge < -0.3 is 0 Å². The average Bonchev–Trinajstić information content (AvgIpc) is 2.95. The molecule has 0 bridgehead atoms. The molecule has 1 aromatic carbocycles. The van der Waals surface area contributed by atoms with Gasteiger partial charge in [-0.05, 0) is 47.9 Å². The summed E-state index contributed by atoms with van der Waals surface area (Å²) >= 11 is 1.72. The summed E-state index contributed by atoms with van der Waals surface area (Å²) in [6.07, 6.45) is 2.17. The summed E-state index contributed by atoms with van der Waals surface area (Å²) in [6, 6.07) is 8.10. The Hall–Kier alpha value is -1.15. The lowest BCUT2D eigenvalue weighted by atomic mass is 10.1. The molecule has 0 atom stereocenters. The minimum absolute atomic E-state index is 0.325. The van der Waals surface area contributed by atoms with Crippen LogP contribution in [0, 0.1) is 5.92 Å². The van der Waals surface area contributed by atoms with Gasteiger partial charge in [-0.3, -0.25) is 4.79 Å². The fourth-order valence-electron chi connectivity index (χ4n) is 1.70. The third kappa shape index (κ3) is 1.26. The molecule has 2 aromatic rings. The summed E-state index contributed by atoms with van der Waals surface area (Å²) in [4.78, 5) is 11.8. The molecular formula is C12H10OS. The number of fused-ring (bicyclic) bond motifs is 1. The maximum absolute atomic E-state index is 11.8. The van der Waals surface area contributed by atoms with Crippen LogP contribution in [0.15, 0.2) is 29.6 Å². The Morgan fingerprint density at radius 1 is 1.29 bits per heavy atom. The van der Waals surface area contributed by atoms with Gasteiger partial charge in [0.15, 0.2) is 5.78 Å². The molecule has 0 unspecified atom stereocenters. The monoisotopic (exact) mass is 202 g/mol. The second-order valence-corrected chi connectivity index (χ2v) is 4.76. The predicted molar refractivity (Wildman–Crippen MR) is 58.9 cm³/mol. The summed E-state index contributed by atoms with van der Waals surface area (Å²) in [5, 5.41) is 3.26. The number of rotatable bonds is 2. The zero-order valence-electron chi connectivity index (χ0n) is 7.69. The SMILES string of the molecule is O=C(c1ccc2sccc2c1)C1CC1. The van der Waals surface area contributed by atoms with Crippen LogP contribution in [0.1, 0.15) is 23.2 Å². The molecule has 70 valence electrons. The second kappa shape index (κ2) is 2.92. The van der Waals surface area contributed by atoms with E-state index in [4.69, 9.17) is 0 Å². The Labute approximate surface area is 86.4 Å². The standard InChI is InChI=1S/C12H10OS/c13-12(8-1-2-8)10-3-4-11-9(7-10)5-6-14-11/h3-8H,1-2H2. The number of hydrogen-bond donors (Lipinski definition) is 0. The molecule has 3 rings (SSSR count). The lowest BCUT2D eigenvalue weighted by Gasteiger charge is -1.98. The minimum Gasteiger partial charge on any atom is -0.294 e. The number of benzene rings is 1. The molecule has 0 spiro atoms. The molecule has 1 nitrogen and oxygen atoms in total. The van der Waals surface area contributed by atoms with Gasteiger partial charge in [0.25, 0.3) is 0 Å². The van der Waals surface area contributed by atoms with Crippen molar-refractivity contribution in [2.45, 2.75) is 12.8 Å². The van der Waals surface area contributed by atoms with Crippen LogP contribution < -0.4 is 0 Å². The van der Waals surface area contributed by atoms with Crippen molar-refractivity contribution in [2.75, 3.05) is 0 Å². The molecule has 0 N–H and O–H groups in total. The minimum atomic E-state index is 0.325. The lowest BCUT2D eigenvalue weighted by molar-refractivity contribution is 0.0968. The maximum atomic E-state index is 11.8. The van der Waals surface area contributed by atoms with Gasteiger partial charge in [-0.1, -0.05) is 0 Å². The van der Waals surface area contributed by atoms with E-state index in [-0.39, 0.29) is 0 Å². The highest BCUT2D eigenvalue weighted by molar-refractivity contribution is 7.17. The van der Waals surface area contributed by atoms with Crippen molar-refractivity contribution in [1.29, 1.82) is 0 Å². The smallest absolute Gasteiger partial charge is 0.165 e. The van der Waals surface area contributed by atoms with Crippen molar-refractivity contribution in [3.63, 3.8) is 0 Å². The molecule has 1 saturated carbocycles. The van der Waals surface area contributed by atoms with Crippen LogP contribution in [-0.2, 0) is 0 Å². The first-order valence-electron chi connectivity index (χ1n) is 4.86. The Balaban J connectivity index is 2.07. The van der Waals surface area contributed by atoms with Gasteiger partial charge in [0, 0.05) is 16.2 Å². The number of hydrogen-bond acceptors (Lipinski definition) is 2. The van der Waals surface area contributed by atoms with E-state index in [1.54, 1.807) is 11.3 Å². The fourth-order valence-corrected chi connectivity index (χ4v) is 2.47. The summed E-state index contributed by atoms with van der Waals surface area (Å²) in [7, 11) is 0. The number of Topliss-reactive ketones (excluding diaryl/α,β-unsaturated/α-hetero) is 1. The molecule has 1 aromatic heterocycles. The van der Waals surface area contributed by atoms with Crippen molar-refractivity contribution in [3.05, 3.63) is 35.2 Å². The predicted octanol–water partition coefficient (Wildman–Crippen LogP) is 3.49. The number of thiophene rings is 1. The van der Waals surface area contributed by atoms with Crippen molar-refractivity contribution in [2.24, 2.45) is 5.92 Å². The number of carbonyl (C=O) groups is 1. The van der Waals surface area contributed by atoms with E-state index in [9.17, 15) is 4.79 Å². The molecule has 1 heterocycles. The van der Waals surface area contributed by atoms with Gasteiger partial charge in [0.2, 0.25) is 0 Å². The first-order chi connectivity index (χ1) is 6.84. The molecule has 0 aliphatic heterocycles. The maximum Gasteiger partial charge on any atom is 0.165 e. The van der Waals surface area contributed by atoms with Crippen LogP contribution in [0.25, 0.3) is 10.1 Å². The first kappa shape index (κ1) is 8.18. The average molecular weight is 202 g/mol. The largest absolute Gasteiger partial charge is 0.294 e. The summed E-state index contributed by atoms with van der Waals surface area (Å²) in [6.45, 7) is 0. The third-order valence-corrected chi connectivity index (χ3v) is 3.58. The highest BCUT2D eigenvalue weighted by Gasteiger charge is 2.30. The molecule has 0 radical (unpaired) electrons. The molecule has 1 fully saturated rings. The molecule has 0 saturated heterocycles. The fraction of sp³-hybridized carbons (Fsp3) is 0.250. The number of ketones is 1. The van der Waals surface area contributed by atoms with Gasteiger partial charge in [0.05, 0.1) is 0 Å². The Morgan fingerprint density at radius 3 is 2.93 bits per heavy atom. The van der Waals surface area contributed by atoms with E-state index in [0.29, 0.717) is 11.7 Å². The normalized spacial score (nSPS) is 16.0. The van der Waals surface area contributed by atoms with Crippen molar-refractivity contribution in [3.8, 4) is 0 Å². The molecule has 1 aliphatic carbocycles. The van der Waals surface area contributed by atoms with E-state index in [1.807, 2.05) is 12.1 Å². The van der Waals surface area contributed by atoms with E-state index in [2.05, 4.69) is 17.5 Å². The summed E-state index contributed by atoms with van der Waals surface area (Å²) < 4.78 is 1.26. The van der Waals surface area contributed by atoms with Gasteiger partial charge >= 0.3 is 0 Å². The Kier molecular flexibility index (Phi) is 1.71.